The van der Waals surface area contributed by atoms with Crippen LogP contribution in [-0.4, -0.2) is 40.6 Å². The maximum absolute atomic E-state index is 12.9. The van der Waals surface area contributed by atoms with Crippen LogP contribution >= 0.6 is 55.8 Å². The van der Waals surface area contributed by atoms with Gasteiger partial charge >= 0.3 is 0 Å². The number of phenolic OH excluding ortho intramolecular Hbond substituents is 1. The molecule has 0 saturated carbocycles. The van der Waals surface area contributed by atoms with Gasteiger partial charge in [0.1, 0.15) is 16.1 Å². The van der Waals surface area contributed by atoms with Crippen molar-refractivity contribution in [3.05, 3.63) is 55.8 Å². The highest BCUT2D eigenvalue weighted by Crippen LogP contribution is 2.38. The van der Waals surface area contributed by atoms with Gasteiger partial charge in [-0.25, -0.2) is 13.6 Å². The molecule has 1 aliphatic heterocycles. The van der Waals surface area contributed by atoms with Crippen LogP contribution in [0.5, 0.6) is 5.75 Å². The smallest absolute Gasteiger partial charge is 0.266 e. The molecule has 2 amide bonds. The first kappa shape index (κ1) is 24.9. The van der Waals surface area contributed by atoms with E-state index in [2.05, 4.69) is 37.2 Å². The van der Waals surface area contributed by atoms with Crippen molar-refractivity contribution in [2.24, 2.45) is 5.14 Å². The Balaban J connectivity index is 1.78. The van der Waals surface area contributed by atoms with Gasteiger partial charge in [-0.05, 0) is 65.3 Å². The second kappa shape index (κ2) is 9.61. The lowest BCUT2D eigenvalue weighted by atomic mass is 10.1. The Morgan fingerprint density at radius 2 is 1.91 bits per heavy atom. The first-order valence-corrected chi connectivity index (χ1v) is 13.1. The number of carbonyl (C=O) groups is 2. The summed E-state index contributed by atoms with van der Waals surface area (Å²) in [5.41, 5.74) is 0.734. The number of carbonyl (C=O) groups excluding carboxylic acids is 2. The fourth-order valence-corrected chi connectivity index (χ4v) is 5.93. The van der Waals surface area contributed by atoms with E-state index in [9.17, 15) is 23.1 Å². The average Bonchev–Trinajstić information content (AvgIpc) is 2.98. The van der Waals surface area contributed by atoms with Gasteiger partial charge in [-0.15, -0.1) is 0 Å². The Kier molecular flexibility index (Phi) is 7.47. The summed E-state index contributed by atoms with van der Waals surface area (Å²) >= 11 is 12.9. The number of nitrogens with zero attached hydrogens (tertiary/aromatic N) is 1. The van der Waals surface area contributed by atoms with Crippen molar-refractivity contribution < 1.29 is 23.1 Å². The molecule has 0 radical (unpaired) electrons. The van der Waals surface area contributed by atoms with E-state index < -0.39 is 27.9 Å². The topological polar surface area (TPSA) is 130 Å². The van der Waals surface area contributed by atoms with E-state index in [0.29, 0.717) is 20.2 Å². The van der Waals surface area contributed by atoms with Crippen molar-refractivity contribution in [3.8, 4) is 5.75 Å². The molecule has 1 fully saturated rings. The Morgan fingerprint density at radius 1 is 1.28 bits per heavy atom. The number of primary sulfonamides is 1. The summed E-state index contributed by atoms with van der Waals surface area (Å²) < 4.78 is 24.0. The number of halogens is 2. The molecule has 0 aliphatic carbocycles. The van der Waals surface area contributed by atoms with Gasteiger partial charge < -0.3 is 10.4 Å². The number of anilines is 1. The first-order valence-electron chi connectivity index (χ1n) is 8.77. The largest absolute Gasteiger partial charge is 0.506 e. The zero-order valence-electron chi connectivity index (χ0n) is 16.2. The Labute approximate surface area is 210 Å². The van der Waals surface area contributed by atoms with E-state index in [1.165, 1.54) is 42.2 Å². The van der Waals surface area contributed by atoms with Crippen LogP contribution in [0, 0.1) is 0 Å². The number of phenols is 1. The minimum absolute atomic E-state index is 0.0350. The maximum Gasteiger partial charge on any atom is 0.266 e. The van der Waals surface area contributed by atoms with Gasteiger partial charge in [0.25, 0.3) is 5.91 Å². The van der Waals surface area contributed by atoms with E-state index in [1.54, 1.807) is 12.1 Å². The number of nitrogens with two attached hydrogens (primary N) is 1. The quantitative estimate of drug-likeness (QED) is 0.342. The number of amides is 2. The van der Waals surface area contributed by atoms with Crippen LogP contribution in [0.25, 0.3) is 6.08 Å². The van der Waals surface area contributed by atoms with Gasteiger partial charge in [-0.2, -0.15) is 0 Å². The lowest BCUT2D eigenvalue weighted by Gasteiger charge is -2.22. The van der Waals surface area contributed by atoms with Gasteiger partial charge in [-0.1, -0.05) is 39.9 Å². The predicted molar refractivity (Wildman–Crippen MR) is 134 cm³/mol. The van der Waals surface area contributed by atoms with Crippen LogP contribution < -0.4 is 10.5 Å². The molecule has 1 saturated heterocycles. The summed E-state index contributed by atoms with van der Waals surface area (Å²) in [6.07, 6.45) is 1.50. The molecule has 3 rings (SSSR count). The third kappa shape index (κ3) is 5.41. The number of sulfonamides is 1. The van der Waals surface area contributed by atoms with Crippen molar-refractivity contribution >= 4 is 93.8 Å². The summed E-state index contributed by atoms with van der Waals surface area (Å²) in [6.45, 7) is 1.52. The molecule has 8 nitrogen and oxygen atoms in total. The molecule has 13 heteroatoms. The number of rotatable bonds is 5. The average molecular weight is 621 g/mol. The summed E-state index contributed by atoms with van der Waals surface area (Å²) in [7, 11) is -3.85. The van der Waals surface area contributed by atoms with Crippen molar-refractivity contribution in [1.82, 2.24) is 4.90 Å². The van der Waals surface area contributed by atoms with Gasteiger partial charge in [0, 0.05) is 15.7 Å². The second-order valence-electron chi connectivity index (χ2n) is 6.61. The molecule has 2 aromatic rings. The third-order valence-electron chi connectivity index (χ3n) is 4.38. The van der Waals surface area contributed by atoms with E-state index in [-0.39, 0.29) is 19.9 Å². The molecular formula is C19H15Br2N3O5S3. The summed E-state index contributed by atoms with van der Waals surface area (Å²) in [6, 6.07) is 7.69. The molecular weight excluding hydrogens is 606 g/mol. The van der Waals surface area contributed by atoms with Crippen LogP contribution in [-0.2, 0) is 19.6 Å². The number of thiocarbonyl (C=S) groups is 1. The lowest BCUT2D eigenvalue weighted by Crippen LogP contribution is -2.44. The Morgan fingerprint density at radius 3 is 2.50 bits per heavy atom. The second-order valence-corrected chi connectivity index (χ2v) is 11.6. The monoisotopic (exact) mass is 619 g/mol. The van der Waals surface area contributed by atoms with Gasteiger partial charge in [0.2, 0.25) is 15.9 Å². The highest BCUT2D eigenvalue weighted by Gasteiger charge is 2.38. The normalized spacial score (nSPS) is 16.5. The fraction of sp³-hybridized carbons (Fsp3) is 0.105. The summed E-state index contributed by atoms with van der Waals surface area (Å²) in [4.78, 5) is 27.0. The highest BCUT2D eigenvalue weighted by molar-refractivity contribution is 9.11. The highest BCUT2D eigenvalue weighted by atomic mass is 79.9. The summed E-state index contributed by atoms with van der Waals surface area (Å²) in [5.74, 6) is -1.02. The first-order chi connectivity index (χ1) is 14.9. The van der Waals surface area contributed by atoms with E-state index in [0.717, 1.165) is 11.8 Å². The van der Waals surface area contributed by atoms with Crippen LogP contribution in [0.2, 0.25) is 0 Å². The number of hydrogen-bond acceptors (Lipinski definition) is 7. The number of aromatic hydroxyl groups is 1. The number of hydrogen-bond donors (Lipinski definition) is 3. The third-order valence-corrected chi connectivity index (χ3v) is 7.71. The minimum atomic E-state index is -3.85. The lowest BCUT2D eigenvalue weighted by molar-refractivity contribution is -0.129. The Bertz CT molecular complexity index is 1260. The molecule has 0 bridgehead atoms. The number of benzene rings is 2. The SMILES string of the molecule is CC(C(=O)Nc1ccc(S(N)(=O)=O)cc1)N1C(=O)/C(=C/c2cc(Br)cc(Br)c2O)SC1=S. The van der Waals surface area contributed by atoms with Crippen LogP contribution in [0.3, 0.4) is 0 Å². The molecule has 0 aromatic heterocycles. The molecule has 1 atom stereocenters. The minimum Gasteiger partial charge on any atom is -0.506 e. The standard InChI is InChI=1S/C19H15Br2N3O5S3/c1-9(17(26)23-12-2-4-13(5-3-12)32(22,28)29)24-18(27)15(31-19(24)30)7-10-6-11(20)8-14(21)16(10)25/h2-9,25H,1H3,(H,23,26)(H2,22,28,29)/b15-7-. The predicted octanol–water partition coefficient (Wildman–Crippen LogP) is 3.79. The molecule has 1 aliphatic rings. The molecule has 1 heterocycles. The molecule has 32 heavy (non-hydrogen) atoms. The van der Waals surface area contributed by atoms with Gasteiger partial charge in [0.05, 0.1) is 14.3 Å². The van der Waals surface area contributed by atoms with Gasteiger partial charge in [-0.3, -0.25) is 14.5 Å². The van der Waals surface area contributed by atoms with Crippen LogP contribution in [0.4, 0.5) is 5.69 Å². The van der Waals surface area contributed by atoms with Crippen LogP contribution in [0.15, 0.2) is 55.1 Å². The van der Waals surface area contributed by atoms with E-state index in [4.69, 9.17) is 17.4 Å². The molecule has 0 spiro atoms. The zero-order valence-corrected chi connectivity index (χ0v) is 21.8. The van der Waals surface area contributed by atoms with Crippen molar-refractivity contribution in [2.75, 3.05) is 5.32 Å². The Hall–Kier alpha value is -1.77. The van der Waals surface area contributed by atoms with E-state index >= 15 is 0 Å². The number of thioether (sulfide) groups is 1. The molecule has 2 aromatic carbocycles. The molecule has 1 unspecified atom stereocenters. The van der Waals surface area contributed by atoms with Crippen LogP contribution in [0.1, 0.15) is 12.5 Å². The zero-order chi connectivity index (χ0) is 23.8. The molecule has 4 N–H and O–H groups in total. The molecule has 168 valence electrons. The van der Waals surface area contributed by atoms with Crippen molar-refractivity contribution in [2.45, 2.75) is 17.9 Å². The maximum atomic E-state index is 12.9. The van der Waals surface area contributed by atoms with Crippen molar-refractivity contribution in [1.29, 1.82) is 0 Å². The fourth-order valence-electron chi connectivity index (χ4n) is 2.74. The number of nitrogens with one attached hydrogen (secondary N) is 1. The summed E-state index contributed by atoms with van der Waals surface area (Å²) in [5, 5.41) is 17.9. The van der Waals surface area contributed by atoms with Crippen molar-refractivity contribution in [3.63, 3.8) is 0 Å². The van der Waals surface area contributed by atoms with E-state index in [1.807, 2.05) is 0 Å². The van der Waals surface area contributed by atoms with Gasteiger partial charge in [0.15, 0.2) is 0 Å².